The van der Waals surface area contributed by atoms with E-state index < -0.39 is 41.3 Å². The van der Waals surface area contributed by atoms with E-state index in [1.807, 2.05) is 52.9 Å². The molecule has 51 heavy (non-hydrogen) atoms. The molecule has 3 aromatic carbocycles. The number of benzene rings is 3. The fourth-order valence-electron chi connectivity index (χ4n) is 5.93. The molecule has 0 saturated carbocycles. The second-order valence-electron chi connectivity index (χ2n) is 11.9. The van der Waals surface area contributed by atoms with Gasteiger partial charge in [0.2, 0.25) is 11.7 Å². The van der Waals surface area contributed by atoms with Crippen molar-refractivity contribution in [2.45, 2.75) is 6.54 Å². The number of amides is 2. The lowest BCUT2D eigenvalue weighted by molar-refractivity contribution is 0.0619. The number of anilines is 1. The number of hydrogen-bond acceptors (Lipinski definition) is 7. The minimum atomic E-state index is -1.60. The number of halogens is 4. The van der Waals surface area contributed by atoms with E-state index >= 15 is 0 Å². The molecular formula is C37H35F4N5O5. The van der Waals surface area contributed by atoms with Gasteiger partial charge < -0.3 is 28.6 Å². The van der Waals surface area contributed by atoms with Gasteiger partial charge in [0.1, 0.15) is 30.5 Å². The van der Waals surface area contributed by atoms with E-state index in [0.29, 0.717) is 36.3 Å². The Hall–Kier alpha value is -5.63. The highest BCUT2D eigenvalue weighted by molar-refractivity contribution is 6.06. The number of aromatic nitrogens is 2. The number of aryl methyl sites for hydroxylation is 1. The molecule has 0 unspecified atom stereocenters. The predicted molar refractivity (Wildman–Crippen MR) is 182 cm³/mol. The normalized spacial score (nSPS) is 13.4. The smallest absolute Gasteiger partial charge is 0.270 e. The lowest BCUT2D eigenvalue weighted by Crippen LogP contribution is -2.48. The molecule has 2 aromatic heterocycles. The van der Waals surface area contributed by atoms with E-state index in [1.165, 1.54) is 25.4 Å². The van der Waals surface area contributed by atoms with Crippen LogP contribution in [0.4, 0.5) is 23.2 Å². The molecule has 10 nitrogen and oxygen atoms in total. The molecule has 1 fully saturated rings. The first-order chi connectivity index (χ1) is 24.6. The van der Waals surface area contributed by atoms with Crippen molar-refractivity contribution in [3.05, 3.63) is 107 Å². The van der Waals surface area contributed by atoms with Crippen molar-refractivity contribution < 1.29 is 41.4 Å². The summed E-state index contributed by atoms with van der Waals surface area (Å²) in [5.74, 6) is -5.03. The van der Waals surface area contributed by atoms with Gasteiger partial charge in [0.05, 0.1) is 30.1 Å². The van der Waals surface area contributed by atoms with E-state index in [9.17, 15) is 27.2 Å². The van der Waals surface area contributed by atoms with Crippen molar-refractivity contribution in [2.24, 2.45) is 7.05 Å². The first-order valence-corrected chi connectivity index (χ1v) is 16.1. The third kappa shape index (κ3) is 7.45. The highest BCUT2D eigenvalue weighted by atomic mass is 19.2. The minimum Gasteiger partial charge on any atom is -0.491 e. The highest BCUT2D eigenvalue weighted by Gasteiger charge is 2.27. The van der Waals surface area contributed by atoms with E-state index in [-0.39, 0.29) is 24.1 Å². The lowest BCUT2D eigenvalue weighted by Gasteiger charge is -2.34. The van der Waals surface area contributed by atoms with Crippen LogP contribution < -0.4 is 19.1 Å². The average Bonchev–Trinajstić information content (AvgIpc) is 3.48. The monoisotopic (exact) mass is 705 g/mol. The Labute approximate surface area is 291 Å². The van der Waals surface area contributed by atoms with Gasteiger partial charge in [-0.1, -0.05) is 12.1 Å². The summed E-state index contributed by atoms with van der Waals surface area (Å²) in [6.07, 6.45) is 1.31. The van der Waals surface area contributed by atoms with Gasteiger partial charge in [-0.15, -0.1) is 0 Å². The molecule has 1 aliphatic rings. The molecule has 0 aliphatic carbocycles. The largest absolute Gasteiger partial charge is 0.491 e. The van der Waals surface area contributed by atoms with Gasteiger partial charge in [0.25, 0.3) is 11.8 Å². The zero-order valence-corrected chi connectivity index (χ0v) is 28.2. The number of piperazine rings is 1. The van der Waals surface area contributed by atoms with Crippen LogP contribution in [0.3, 0.4) is 0 Å². The highest BCUT2D eigenvalue weighted by Crippen LogP contribution is 2.30. The first kappa shape index (κ1) is 35.2. The van der Waals surface area contributed by atoms with Crippen LogP contribution in [-0.2, 0) is 13.6 Å². The molecule has 5 aromatic rings. The standard InChI is InChI=1S/C37H35F4N5O5/c1-43(36(47)28-20-29(39)35(49-3)34(41)33(28)40)25-7-11-32(42-21-25)51-27-10-6-24-18-31(44(2)30(24)19-27)37(48)46-15-13-45(14-16-46)22-23-4-8-26(9-5-23)50-17-12-38/h4-11,18-21H,12-17,22H2,1-3H3. The van der Waals surface area contributed by atoms with Crippen LogP contribution in [0.5, 0.6) is 23.1 Å². The SMILES string of the molecule is COc1c(F)cc(C(=O)N(C)c2ccc(Oc3ccc4cc(C(=O)N5CCN(Cc6ccc(OCCF)cc6)CC5)n(C)c4c3)nc2)c(F)c1F. The molecule has 2 amide bonds. The van der Waals surface area contributed by atoms with Crippen LogP contribution in [-0.4, -0.2) is 84.8 Å². The summed E-state index contributed by atoms with van der Waals surface area (Å²) in [4.78, 5) is 35.8. The number of ether oxygens (including phenoxy) is 3. The molecule has 1 saturated heterocycles. The summed E-state index contributed by atoms with van der Waals surface area (Å²) < 4.78 is 72.8. The van der Waals surface area contributed by atoms with Crippen LogP contribution in [0.1, 0.15) is 26.4 Å². The van der Waals surface area contributed by atoms with Crippen molar-refractivity contribution in [1.29, 1.82) is 0 Å². The Morgan fingerprint density at radius 1 is 0.902 bits per heavy atom. The van der Waals surface area contributed by atoms with E-state index in [2.05, 4.69) is 14.6 Å². The fraction of sp³-hybridized carbons (Fsp3) is 0.270. The zero-order valence-electron chi connectivity index (χ0n) is 28.2. The topological polar surface area (TPSA) is 89.4 Å². The van der Waals surface area contributed by atoms with Crippen molar-refractivity contribution in [3.63, 3.8) is 0 Å². The maximum atomic E-state index is 14.5. The van der Waals surface area contributed by atoms with Crippen LogP contribution in [0.2, 0.25) is 0 Å². The number of alkyl halides is 1. The van der Waals surface area contributed by atoms with Crippen LogP contribution in [0.15, 0.2) is 72.9 Å². The number of pyridine rings is 1. The Balaban J connectivity index is 1.07. The molecule has 0 bridgehead atoms. The summed E-state index contributed by atoms with van der Waals surface area (Å²) >= 11 is 0. The van der Waals surface area contributed by atoms with Gasteiger partial charge in [-0.25, -0.2) is 18.2 Å². The maximum absolute atomic E-state index is 14.5. The number of carbonyl (C=O) groups excluding carboxylic acids is 2. The number of carbonyl (C=O) groups is 2. The van der Waals surface area contributed by atoms with Gasteiger partial charge in [-0.3, -0.25) is 14.5 Å². The van der Waals surface area contributed by atoms with Gasteiger partial charge in [0.15, 0.2) is 17.4 Å². The lowest BCUT2D eigenvalue weighted by atomic mass is 10.1. The number of nitrogens with zero attached hydrogens (tertiary/aromatic N) is 5. The number of fused-ring (bicyclic) bond motifs is 1. The summed E-state index contributed by atoms with van der Waals surface area (Å²) in [6, 6.07) is 18.4. The number of rotatable bonds is 11. The van der Waals surface area contributed by atoms with Crippen LogP contribution in [0.25, 0.3) is 10.9 Å². The molecule has 0 spiro atoms. The summed E-state index contributed by atoms with van der Waals surface area (Å²) in [6.45, 7) is 2.84. The second-order valence-corrected chi connectivity index (χ2v) is 11.9. The Morgan fingerprint density at radius 3 is 2.29 bits per heavy atom. The predicted octanol–water partition coefficient (Wildman–Crippen LogP) is 6.37. The van der Waals surface area contributed by atoms with Gasteiger partial charge >= 0.3 is 0 Å². The third-order valence-electron chi connectivity index (χ3n) is 8.76. The van der Waals surface area contributed by atoms with E-state index in [4.69, 9.17) is 9.47 Å². The molecule has 14 heteroatoms. The Morgan fingerprint density at radius 2 is 1.63 bits per heavy atom. The quantitative estimate of drug-likeness (QED) is 0.117. The van der Waals surface area contributed by atoms with Crippen LogP contribution in [0, 0.1) is 17.5 Å². The van der Waals surface area contributed by atoms with Crippen molar-refractivity contribution in [3.8, 4) is 23.1 Å². The minimum absolute atomic E-state index is 0.0350. The van der Waals surface area contributed by atoms with Crippen molar-refractivity contribution in [1.82, 2.24) is 19.4 Å². The van der Waals surface area contributed by atoms with E-state index in [1.54, 1.807) is 12.1 Å². The van der Waals surface area contributed by atoms with Gasteiger partial charge in [0, 0.05) is 64.3 Å². The Kier molecular flexibility index (Phi) is 10.4. The molecule has 266 valence electrons. The molecule has 0 radical (unpaired) electrons. The molecule has 0 N–H and O–H groups in total. The molecule has 3 heterocycles. The summed E-state index contributed by atoms with van der Waals surface area (Å²) in [7, 11) is 4.13. The molecular weight excluding hydrogens is 670 g/mol. The zero-order chi connectivity index (χ0) is 36.2. The molecule has 1 aliphatic heterocycles. The van der Waals surface area contributed by atoms with Crippen molar-refractivity contribution >= 4 is 28.4 Å². The van der Waals surface area contributed by atoms with Gasteiger partial charge in [-0.05, 0) is 48.0 Å². The number of hydrogen-bond donors (Lipinski definition) is 0. The summed E-state index contributed by atoms with van der Waals surface area (Å²) in [5.41, 5.74) is 1.85. The average molecular weight is 706 g/mol. The second kappa shape index (κ2) is 15.1. The maximum Gasteiger partial charge on any atom is 0.270 e. The van der Waals surface area contributed by atoms with E-state index in [0.717, 1.165) is 48.1 Å². The fourth-order valence-corrected chi connectivity index (χ4v) is 5.93. The van der Waals surface area contributed by atoms with Gasteiger partial charge in [-0.2, -0.15) is 4.39 Å². The van der Waals surface area contributed by atoms with Crippen molar-refractivity contribution in [2.75, 3.05) is 58.5 Å². The van der Waals surface area contributed by atoms with Crippen LogP contribution >= 0.6 is 0 Å². The Bertz CT molecular complexity index is 2050. The first-order valence-electron chi connectivity index (χ1n) is 16.1. The summed E-state index contributed by atoms with van der Waals surface area (Å²) in [5, 5.41) is 0.854. The molecule has 6 rings (SSSR count). The third-order valence-corrected chi connectivity index (χ3v) is 8.76. The number of methoxy groups -OCH3 is 1. The molecule has 0 atom stereocenters.